The van der Waals surface area contributed by atoms with E-state index in [1.165, 1.54) is 39.5 Å². The van der Waals surface area contributed by atoms with Gasteiger partial charge in [-0.25, -0.2) is 8.42 Å². The maximum atomic E-state index is 12.6. The summed E-state index contributed by atoms with van der Waals surface area (Å²) < 4.78 is 32.6. The third-order valence-electron chi connectivity index (χ3n) is 4.87. The summed E-state index contributed by atoms with van der Waals surface area (Å²) in [5.41, 5.74) is 0.542. The second-order valence-electron chi connectivity index (χ2n) is 7.19. The Hall–Kier alpha value is -2.41. The number of rotatable bonds is 9. The lowest BCUT2D eigenvalue weighted by Gasteiger charge is -2.16. The fourth-order valence-corrected chi connectivity index (χ4v) is 6.55. The number of anilines is 2. The van der Waals surface area contributed by atoms with Crippen molar-refractivity contribution in [1.82, 2.24) is 14.5 Å². The fourth-order valence-electron chi connectivity index (χ4n) is 3.14. The van der Waals surface area contributed by atoms with E-state index in [2.05, 4.69) is 20.8 Å². The first-order valence-electron chi connectivity index (χ1n) is 10.1. The van der Waals surface area contributed by atoms with Crippen LogP contribution in [-0.4, -0.2) is 47.2 Å². The molecule has 1 atom stereocenters. The molecule has 1 unspecified atom stereocenters. The number of nitrogens with zero attached hydrogens (tertiary/aromatic N) is 3. The van der Waals surface area contributed by atoms with Crippen LogP contribution in [0.2, 0.25) is 0 Å². The van der Waals surface area contributed by atoms with Crippen molar-refractivity contribution < 1.29 is 17.6 Å². The van der Waals surface area contributed by atoms with Gasteiger partial charge in [-0.3, -0.25) is 4.79 Å². The summed E-state index contributed by atoms with van der Waals surface area (Å²) in [5, 5.41) is 14.4. The highest BCUT2D eigenvalue weighted by Crippen LogP contribution is 2.30. The molecule has 1 aromatic carbocycles. The van der Waals surface area contributed by atoms with Crippen LogP contribution in [0.25, 0.3) is 0 Å². The van der Waals surface area contributed by atoms with Crippen LogP contribution in [0.15, 0.2) is 56.3 Å². The number of hydrogen-bond acceptors (Lipinski definition) is 9. The molecule has 1 aliphatic heterocycles. The van der Waals surface area contributed by atoms with Gasteiger partial charge in [0.15, 0.2) is 4.34 Å². The highest BCUT2D eigenvalue weighted by atomic mass is 32.2. The zero-order valence-corrected chi connectivity index (χ0v) is 19.8. The second-order valence-corrected chi connectivity index (χ2v) is 11.7. The van der Waals surface area contributed by atoms with Crippen molar-refractivity contribution in [2.75, 3.05) is 23.7 Å². The van der Waals surface area contributed by atoms with Gasteiger partial charge < -0.3 is 15.1 Å². The fraction of sp³-hybridized carbons (Fsp3) is 0.350. The maximum Gasteiger partial charge on any atom is 0.243 e. The van der Waals surface area contributed by atoms with Crippen LogP contribution in [0.4, 0.5) is 10.8 Å². The number of carbonyl (C=O) groups excluding carboxylic acids is 1. The van der Waals surface area contributed by atoms with Crippen molar-refractivity contribution in [2.24, 2.45) is 0 Å². The Morgan fingerprint density at radius 1 is 1.22 bits per heavy atom. The normalized spacial score (nSPS) is 15.5. The average Bonchev–Trinajstić information content (AvgIpc) is 3.55. The molecular weight excluding hydrogens is 470 g/mol. The Morgan fingerprint density at radius 3 is 2.66 bits per heavy atom. The molecule has 0 aliphatic carbocycles. The molecule has 1 aliphatic rings. The Balaban J connectivity index is 1.30. The van der Waals surface area contributed by atoms with Gasteiger partial charge in [0.1, 0.15) is 5.76 Å². The molecule has 3 heterocycles. The van der Waals surface area contributed by atoms with E-state index in [1.54, 1.807) is 25.3 Å². The number of benzene rings is 1. The first kappa shape index (κ1) is 22.8. The lowest BCUT2D eigenvalue weighted by atomic mass is 10.3. The smallest absolute Gasteiger partial charge is 0.243 e. The van der Waals surface area contributed by atoms with Crippen LogP contribution in [-0.2, 0) is 21.4 Å². The molecule has 2 N–H and O–H groups in total. The number of aromatic nitrogens is 2. The van der Waals surface area contributed by atoms with Crippen LogP contribution >= 0.6 is 23.1 Å². The van der Waals surface area contributed by atoms with Crippen molar-refractivity contribution >= 4 is 49.8 Å². The molecule has 3 aromatic rings. The second kappa shape index (κ2) is 10.0. The van der Waals surface area contributed by atoms with E-state index in [4.69, 9.17) is 4.42 Å². The average molecular weight is 494 g/mol. The molecule has 0 radical (unpaired) electrons. The van der Waals surface area contributed by atoms with Crippen LogP contribution in [0.3, 0.4) is 0 Å². The Kier molecular flexibility index (Phi) is 7.13. The van der Waals surface area contributed by atoms with Gasteiger partial charge in [-0.1, -0.05) is 23.1 Å². The first-order chi connectivity index (χ1) is 15.4. The van der Waals surface area contributed by atoms with Gasteiger partial charge in [0.05, 0.1) is 23.0 Å². The zero-order chi connectivity index (χ0) is 22.6. The number of carbonyl (C=O) groups is 1. The third kappa shape index (κ3) is 5.49. The molecule has 32 heavy (non-hydrogen) atoms. The molecule has 12 heteroatoms. The van der Waals surface area contributed by atoms with Crippen molar-refractivity contribution in [3.05, 3.63) is 48.4 Å². The highest BCUT2D eigenvalue weighted by molar-refractivity contribution is 8.02. The first-order valence-corrected chi connectivity index (χ1v) is 13.2. The van der Waals surface area contributed by atoms with Gasteiger partial charge in [0, 0.05) is 18.8 Å². The Bertz CT molecular complexity index is 1140. The summed E-state index contributed by atoms with van der Waals surface area (Å²) >= 11 is 2.67. The zero-order valence-electron chi connectivity index (χ0n) is 17.4. The van der Waals surface area contributed by atoms with Crippen LogP contribution in [0.1, 0.15) is 25.5 Å². The summed E-state index contributed by atoms with van der Waals surface area (Å²) in [6, 6.07) is 9.97. The van der Waals surface area contributed by atoms with Crippen molar-refractivity contribution in [3.8, 4) is 0 Å². The Morgan fingerprint density at radius 2 is 1.97 bits per heavy atom. The van der Waals surface area contributed by atoms with Crippen molar-refractivity contribution in [1.29, 1.82) is 0 Å². The lowest BCUT2D eigenvalue weighted by Crippen LogP contribution is -2.27. The summed E-state index contributed by atoms with van der Waals surface area (Å²) in [6.45, 7) is 3.40. The molecule has 170 valence electrons. The topological polar surface area (TPSA) is 117 Å². The predicted molar refractivity (Wildman–Crippen MR) is 124 cm³/mol. The highest BCUT2D eigenvalue weighted by Gasteiger charge is 2.27. The van der Waals surface area contributed by atoms with E-state index in [-0.39, 0.29) is 10.8 Å². The molecule has 4 rings (SSSR count). The van der Waals surface area contributed by atoms with Crippen molar-refractivity contribution in [3.63, 3.8) is 0 Å². The molecule has 1 amide bonds. The van der Waals surface area contributed by atoms with E-state index in [0.29, 0.717) is 34.8 Å². The number of thioether (sulfide) groups is 1. The molecule has 0 spiro atoms. The monoisotopic (exact) mass is 493 g/mol. The standard InChI is InChI=1S/C20H23N5O4S3/c1-14(30-20-24-23-19(31-20)21-13-16-5-4-12-29-16)18(26)22-15-6-8-17(9-7-15)32(27,28)25-10-2-3-11-25/h4-9,12,14H,2-3,10-11,13H2,1H3,(H,21,23)(H,22,26). The summed E-state index contributed by atoms with van der Waals surface area (Å²) in [5.74, 6) is 0.590. The molecule has 1 fully saturated rings. The summed E-state index contributed by atoms with van der Waals surface area (Å²) in [4.78, 5) is 12.8. The van der Waals surface area contributed by atoms with Gasteiger partial charge in [-0.2, -0.15) is 4.31 Å². The summed E-state index contributed by atoms with van der Waals surface area (Å²) in [7, 11) is -3.47. The minimum atomic E-state index is -3.47. The number of amides is 1. The minimum absolute atomic E-state index is 0.203. The van der Waals surface area contributed by atoms with E-state index in [0.717, 1.165) is 18.6 Å². The van der Waals surface area contributed by atoms with E-state index in [9.17, 15) is 13.2 Å². The van der Waals surface area contributed by atoms with Crippen molar-refractivity contribution in [2.45, 2.75) is 40.8 Å². The number of furan rings is 1. The number of hydrogen-bond donors (Lipinski definition) is 2. The summed E-state index contributed by atoms with van der Waals surface area (Å²) in [6.07, 6.45) is 3.39. The van der Waals surface area contributed by atoms with Gasteiger partial charge in [0.2, 0.25) is 21.1 Å². The maximum absolute atomic E-state index is 12.6. The largest absolute Gasteiger partial charge is 0.467 e. The van der Waals surface area contributed by atoms with Crippen LogP contribution in [0.5, 0.6) is 0 Å². The van der Waals surface area contributed by atoms with Gasteiger partial charge in [-0.15, -0.1) is 10.2 Å². The van der Waals surface area contributed by atoms with Gasteiger partial charge >= 0.3 is 0 Å². The molecule has 0 bridgehead atoms. The predicted octanol–water partition coefficient (Wildman–Crippen LogP) is 3.65. The third-order valence-corrected chi connectivity index (χ3v) is 8.85. The molecule has 1 saturated heterocycles. The lowest BCUT2D eigenvalue weighted by molar-refractivity contribution is -0.115. The molecule has 2 aromatic heterocycles. The van der Waals surface area contributed by atoms with Gasteiger partial charge in [0.25, 0.3) is 0 Å². The SMILES string of the molecule is CC(Sc1nnc(NCc2ccco2)s1)C(=O)Nc1ccc(S(=O)(=O)N2CCCC2)cc1. The number of nitrogens with one attached hydrogen (secondary N) is 2. The van der Waals surface area contributed by atoms with E-state index >= 15 is 0 Å². The molecule has 0 saturated carbocycles. The van der Waals surface area contributed by atoms with Crippen LogP contribution in [0, 0.1) is 0 Å². The quantitative estimate of drug-likeness (QED) is 0.434. The molecular formula is C20H23N5O4S3. The van der Waals surface area contributed by atoms with Crippen LogP contribution < -0.4 is 10.6 Å². The molecule has 9 nitrogen and oxygen atoms in total. The van der Waals surface area contributed by atoms with Gasteiger partial charge in [-0.05, 0) is 56.2 Å². The Labute approximate surface area is 194 Å². The van der Waals surface area contributed by atoms with E-state index in [1.807, 2.05) is 12.1 Å². The number of sulfonamides is 1. The van der Waals surface area contributed by atoms with E-state index < -0.39 is 15.3 Å². The minimum Gasteiger partial charge on any atom is -0.467 e.